The molecule has 0 aliphatic heterocycles. The third kappa shape index (κ3) is 9.18. The summed E-state index contributed by atoms with van der Waals surface area (Å²) in [5, 5.41) is 0. The van der Waals surface area contributed by atoms with E-state index < -0.39 is 0 Å². The Morgan fingerprint density at radius 3 is 2.19 bits per heavy atom. The van der Waals surface area contributed by atoms with Gasteiger partial charge in [0.1, 0.15) is 18.5 Å². The summed E-state index contributed by atoms with van der Waals surface area (Å²) in [5.41, 5.74) is 6.30. The van der Waals surface area contributed by atoms with E-state index >= 15 is 0 Å². The second-order valence-electron chi connectivity index (χ2n) is 9.68. The first kappa shape index (κ1) is 27.5. The van der Waals surface area contributed by atoms with Crippen molar-refractivity contribution in [3.8, 4) is 16.9 Å². The second-order valence-corrected chi connectivity index (χ2v) is 9.68. The Balaban J connectivity index is 1.65. The Bertz CT molecular complexity index is 1040. The molecular formula is C33H42O3. The lowest BCUT2D eigenvalue weighted by atomic mass is 9.98. The van der Waals surface area contributed by atoms with Gasteiger partial charge in [0.05, 0.1) is 0 Å². The normalized spacial score (nSPS) is 11.8. The first-order valence-electron chi connectivity index (χ1n) is 13.7. The van der Waals surface area contributed by atoms with Crippen molar-refractivity contribution in [1.29, 1.82) is 0 Å². The average Bonchev–Trinajstić information content (AvgIpc) is 2.90. The minimum atomic E-state index is -0.268. The van der Waals surface area contributed by atoms with Gasteiger partial charge in [-0.25, -0.2) is 0 Å². The van der Waals surface area contributed by atoms with Gasteiger partial charge >= 0.3 is 5.97 Å². The van der Waals surface area contributed by atoms with Gasteiger partial charge in [-0.2, -0.15) is 0 Å². The van der Waals surface area contributed by atoms with Crippen LogP contribution in [-0.2, 0) is 28.8 Å². The fourth-order valence-electron chi connectivity index (χ4n) is 4.35. The van der Waals surface area contributed by atoms with Gasteiger partial charge in [-0.05, 0) is 72.9 Å². The third-order valence-electron chi connectivity index (χ3n) is 6.45. The standard InChI is InChI=1S/C33H42O3/c1-4-6-7-9-13-28-19-23-31(32(24-28)35-25-26(3)36-33(34)12-5-2)22-18-27-16-20-30(21-17-27)29-14-10-8-11-15-29/h8,10-11,14-17,19-21,23-24,26H,4-7,9,12-13,18,22,25H2,1-3H3. The van der Waals surface area contributed by atoms with Crippen molar-refractivity contribution < 1.29 is 14.3 Å². The van der Waals surface area contributed by atoms with Crippen LogP contribution in [0.5, 0.6) is 5.75 Å². The maximum Gasteiger partial charge on any atom is 0.306 e. The lowest BCUT2D eigenvalue weighted by Gasteiger charge is -2.17. The van der Waals surface area contributed by atoms with Crippen LogP contribution < -0.4 is 4.74 Å². The zero-order valence-corrected chi connectivity index (χ0v) is 22.3. The number of esters is 1. The maximum absolute atomic E-state index is 11.9. The molecule has 1 atom stereocenters. The highest BCUT2D eigenvalue weighted by atomic mass is 16.6. The van der Waals surface area contributed by atoms with Crippen LogP contribution >= 0.6 is 0 Å². The molecule has 36 heavy (non-hydrogen) atoms. The predicted molar refractivity (Wildman–Crippen MR) is 150 cm³/mol. The van der Waals surface area contributed by atoms with Crippen LogP contribution in [0.3, 0.4) is 0 Å². The van der Waals surface area contributed by atoms with Crippen LogP contribution in [0.25, 0.3) is 11.1 Å². The smallest absolute Gasteiger partial charge is 0.306 e. The molecule has 3 heteroatoms. The van der Waals surface area contributed by atoms with E-state index in [4.69, 9.17) is 9.47 Å². The van der Waals surface area contributed by atoms with E-state index in [9.17, 15) is 4.79 Å². The molecule has 0 amide bonds. The van der Waals surface area contributed by atoms with Gasteiger partial charge in [0.25, 0.3) is 0 Å². The highest BCUT2D eigenvalue weighted by Crippen LogP contribution is 2.25. The molecule has 0 bridgehead atoms. The predicted octanol–water partition coefficient (Wildman–Crippen LogP) is 8.37. The molecule has 3 aromatic rings. The van der Waals surface area contributed by atoms with Crippen LogP contribution in [0.15, 0.2) is 72.8 Å². The van der Waals surface area contributed by atoms with Crippen molar-refractivity contribution in [3.05, 3.63) is 89.5 Å². The Labute approximate surface area is 217 Å². The van der Waals surface area contributed by atoms with Crippen LogP contribution in [-0.4, -0.2) is 18.7 Å². The van der Waals surface area contributed by atoms with E-state index in [1.54, 1.807) is 0 Å². The summed E-state index contributed by atoms with van der Waals surface area (Å²) in [4.78, 5) is 11.9. The highest BCUT2D eigenvalue weighted by Gasteiger charge is 2.12. The molecule has 0 N–H and O–H groups in total. The lowest BCUT2D eigenvalue weighted by molar-refractivity contribution is -0.149. The maximum atomic E-state index is 11.9. The molecule has 0 radical (unpaired) electrons. The minimum Gasteiger partial charge on any atom is -0.489 e. The van der Waals surface area contributed by atoms with Crippen molar-refractivity contribution >= 4 is 5.97 Å². The number of hydrogen-bond acceptors (Lipinski definition) is 3. The van der Waals surface area contributed by atoms with E-state index in [0.29, 0.717) is 13.0 Å². The molecule has 3 nitrogen and oxygen atoms in total. The number of ether oxygens (including phenoxy) is 2. The van der Waals surface area contributed by atoms with Crippen LogP contribution in [0, 0.1) is 0 Å². The summed E-state index contributed by atoms with van der Waals surface area (Å²) in [7, 11) is 0. The van der Waals surface area contributed by atoms with E-state index in [0.717, 1.165) is 31.4 Å². The van der Waals surface area contributed by atoms with E-state index in [2.05, 4.69) is 73.7 Å². The van der Waals surface area contributed by atoms with Crippen LogP contribution in [0.4, 0.5) is 0 Å². The van der Waals surface area contributed by atoms with E-state index in [-0.39, 0.29) is 12.1 Å². The van der Waals surface area contributed by atoms with Crippen molar-refractivity contribution in [2.45, 2.75) is 84.7 Å². The summed E-state index contributed by atoms with van der Waals surface area (Å²) in [6.45, 7) is 6.49. The zero-order chi connectivity index (χ0) is 25.6. The van der Waals surface area contributed by atoms with Gasteiger partial charge in [-0.1, -0.05) is 99.8 Å². The number of benzene rings is 3. The van der Waals surface area contributed by atoms with Gasteiger partial charge < -0.3 is 9.47 Å². The third-order valence-corrected chi connectivity index (χ3v) is 6.45. The van der Waals surface area contributed by atoms with E-state index in [1.165, 1.54) is 53.5 Å². The Morgan fingerprint density at radius 2 is 1.47 bits per heavy atom. The number of unbranched alkanes of at least 4 members (excludes halogenated alkanes) is 3. The zero-order valence-electron chi connectivity index (χ0n) is 22.3. The summed E-state index contributed by atoms with van der Waals surface area (Å²) in [6, 6.07) is 26.0. The first-order valence-corrected chi connectivity index (χ1v) is 13.7. The van der Waals surface area contributed by atoms with Crippen molar-refractivity contribution in [3.63, 3.8) is 0 Å². The number of hydrogen-bond donors (Lipinski definition) is 0. The molecule has 0 aliphatic rings. The summed E-state index contributed by atoms with van der Waals surface area (Å²) >= 11 is 0. The first-order chi connectivity index (χ1) is 17.6. The summed E-state index contributed by atoms with van der Waals surface area (Å²) in [5.74, 6) is 0.764. The molecule has 0 aromatic heterocycles. The molecule has 3 rings (SSSR count). The Hall–Kier alpha value is -3.07. The molecule has 0 saturated carbocycles. The van der Waals surface area contributed by atoms with Gasteiger partial charge in [0.2, 0.25) is 0 Å². The van der Waals surface area contributed by atoms with Crippen LogP contribution in [0.2, 0.25) is 0 Å². The van der Waals surface area contributed by atoms with Crippen molar-refractivity contribution in [1.82, 2.24) is 0 Å². The van der Waals surface area contributed by atoms with Gasteiger partial charge in [-0.3, -0.25) is 4.79 Å². The minimum absolute atomic E-state index is 0.155. The van der Waals surface area contributed by atoms with Gasteiger partial charge in [0.15, 0.2) is 0 Å². The molecule has 0 heterocycles. The van der Waals surface area contributed by atoms with E-state index in [1.807, 2.05) is 19.9 Å². The van der Waals surface area contributed by atoms with Crippen molar-refractivity contribution in [2.75, 3.05) is 6.61 Å². The molecule has 0 aliphatic carbocycles. The number of aryl methyl sites for hydroxylation is 3. The molecule has 192 valence electrons. The molecule has 0 fully saturated rings. The number of carbonyl (C=O) groups is 1. The highest BCUT2D eigenvalue weighted by molar-refractivity contribution is 5.69. The number of carbonyl (C=O) groups excluding carboxylic acids is 1. The SMILES string of the molecule is CCCCCCc1ccc(CCc2ccc(-c3ccccc3)cc2)c(OCC(C)OC(=O)CCC)c1. The largest absolute Gasteiger partial charge is 0.489 e. The summed E-state index contributed by atoms with van der Waals surface area (Å²) < 4.78 is 11.7. The second kappa shape index (κ2) is 15.1. The van der Waals surface area contributed by atoms with Crippen LogP contribution in [0.1, 0.15) is 76.0 Å². The molecule has 0 spiro atoms. The topological polar surface area (TPSA) is 35.5 Å². The van der Waals surface area contributed by atoms with Gasteiger partial charge in [-0.15, -0.1) is 0 Å². The summed E-state index contributed by atoms with van der Waals surface area (Å²) in [6.07, 6.45) is 8.88. The molecule has 0 saturated heterocycles. The lowest BCUT2D eigenvalue weighted by Crippen LogP contribution is -2.22. The average molecular weight is 487 g/mol. The Kier molecular flexibility index (Phi) is 11.6. The Morgan fingerprint density at radius 1 is 0.750 bits per heavy atom. The number of rotatable bonds is 15. The monoisotopic (exact) mass is 486 g/mol. The van der Waals surface area contributed by atoms with Crippen molar-refractivity contribution in [2.24, 2.45) is 0 Å². The molecule has 1 unspecified atom stereocenters. The fourth-order valence-corrected chi connectivity index (χ4v) is 4.35. The molecule has 3 aromatic carbocycles. The molecular weight excluding hydrogens is 444 g/mol. The van der Waals surface area contributed by atoms with Gasteiger partial charge in [0, 0.05) is 6.42 Å². The quantitative estimate of drug-likeness (QED) is 0.160. The fraction of sp³-hybridized carbons (Fsp3) is 0.424.